The van der Waals surface area contributed by atoms with Crippen LogP contribution in [0.2, 0.25) is 0 Å². The Labute approximate surface area is 160 Å². The smallest absolute Gasteiger partial charge is 0.242 e. The van der Waals surface area contributed by atoms with E-state index >= 15 is 0 Å². The zero-order chi connectivity index (χ0) is 17.9. The topological polar surface area (TPSA) is 66.5 Å². The lowest BCUT2D eigenvalue weighted by Gasteiger charge is -2.33. The largest absolute Gasteiger partial charge is 0.350 e. The number of benzene rings is 1. The van der Waals surface area contributed by atoms with Crippen LogP contribution in [0.5, 0.6) is 0 Å². The molecule has 8 heteroatoms. The molecule has 1 fully saturated rings. The third-order valence-corrected chi connectivity index (χ3v) is 7.47. The van der Waals surface area contributed by atoms with Gasteiger partial charge in [0, 0.05) is 27.8 Å². The Kier molecular flexibility index (Phi) is 5.93. The summed E-state index contributed by atoms with van der Waals surface area (Å²) < 4.78 is 24.4. The number of hydrogen-bond donors (Lipinski definition) is 1. The van der Waals surface area contributed by atoms with Gasteiger partial charge in [0.15, 0.2) is 9.84 Å². The minimum absolute atomic E-state index is 0.0987. The molecule has 25 heavy (non-hydrogen) atoms. The van der Waals surface area contributed by atoms with Crippen molar-refractivity contribution in [3.63, 3.8) is 0 Å². The van der Waals surface area contributed by atoms with Crippen molar-refractivity contribution in [2.24, 2.45) is 0 Å². The lowest BCUT2D eigenvalue weighted by atomic mass is 10.0. The summed E-state index contributed by atoms with van der Waals surface area (Å²) in [6.07, 6.45) is 0. The second-order valence-corrected chi connectivity index (χ2v) is 10.2. The summed E-state index contributed by atoms with van der Waals surface area (Å²) in [6.45, 7) is 1.21. The Hall–Kier alpha value is -1.22. The molecule has 1 aliphatic rings. The molecule has 0 aliphatic carbocycles. The van der Waals surface area contributed by atoms with Crippen molar-refractivity contribution in [2.75, 3.05) is 24.6 Å². The molecule has 1 aromatic heterocycles. The summed E-state index contributed by atoms with van der Waals surface area (Å²) in [7, 11) is -2.99. The monoisotopic (exact) mass is 442 g/mol. The molecule has 1 aromatic carbocycles. The SMILES string of the molecule is O=C(NCc1cc(Br)cs1)C(c1ccccc1)N1CCS(=O)(=O)CC1. The van der Waals surface area contributed by atoms with Crippen molar-refractivity contribution in [1.82, 2.24) is 10.2 Å². The van der Waals surface area contributed by atoms with Gasteiger partial charge in [-0.05, 0) is 27.6 Å². The van der Waals surface area contributed by atoms with Crippen LogP contribution in [0.25, 0.3) is 0 Å². The van der Waals surface area contributed by atoms with Crippen molar-refractivity contribution in [3.8, 4) is 0 Å². The zero-order valence-electron chi connectivity index (χ0n) is 13.5. The van der Waals surface area contributed by atoms with E-state index in [1.807, 2.05) is 46.7 Å². The van der Waals surface area contributed by atoms with Gasteiger partial charge < -0.3 is 5.32 Å². The average molecular weight is 443 g/mol. The molecule has 1 amide bonds. The third kappa shape index (κ3) is 4.91. The molecule has 2 aromatic rings. The number of thiophene rings is 1. The van der Waals surface area contributed by atoms with Crippen LogP contribution >= 0.6 is 27.3 Å². The first-order valence-corrected chi connectivity index (χ1v) is 11.4. The Bertz CT molecular complexity index is 823. The second kappa shape index (κ2) is 7.99. The minimum atomic E-state index is -2.99. The number of sulfone groups is 1. The van der Waals surface area contributed by atoms with Gasteiger partial charge in [0.2, 0.25) is 5.91 Å². The van der Waals surface area contributed by atoms with Gasteiger partial charge in [-0.3, -0.25) is 9.69 Å². The van der Waals surface area contributed by atoms with E-state index in [1.165, 1.54) is 0 Å². The summed E-state index contributed by atoms with van der Waals surface area (Å²) in [5, 5.41) is 4.97. The first kappa shape index (κ1) is 18.6. The van der Waals surface area contributed by atoms with Crippen LogP contribution in [0.1, 0.15) is 16.5 Å². The molecule has 0 bridgehead atoms. The maximum atomic E-state index is 12.9. The molecule has 3 rings (SSSR count). The fraction of sp³-hybridized carbons (Fsp3) is 0.353. The van der Waals surface area contributed by atoms with Gasteiger partial charge in [-0.2, -0.15) is 0 Å². The fourth-order valence-electron chi connectivity index (χ4n) is 2.87. The van der Waals surface area contributed by atoms with Crippen molar-refractivity contribution in [3.05, 3.63) is 56.7 Å². The molecule has 0 radical (unpaired) electrons. The highest BCUT2D eigenvalue weighted by Crippen LogP contribution is 2.24. The van der Waals surface area contributed by atoms with E-state index in [9.17, 15) is 13.2 Å². The summed E-state index contributed by atoms with van der Waals surface area (Å²) in [6, 6.07) is 11.0. The average Bonchev–Trinajstić information content (AvgIpc) is 3.01. The number of amides is 1. The quantitative estimate of drug-likeness (QED) is 0.772. The molecule has 5 nitrogen and oxygen atoms in total. The zero-order valence-corrected chi connectivity index (χ0v) is 16.7. The first-order valence-electron chi connectivity index (χ1n) is 7.95. The minimum Gasteiger partial charge on any atom is -0.350 e. The Morgan fingerprint density at radius 1 is 1.24 bits per heavy atom. The predicted octanol–water partition coefficient (Wildman–Crippen LogP) is 2.60. The number of carbonyl (C=O) groups excluding carboxylic acids is 1. The molecular weight excluding hydrogens is 424 g/mol. The van der Waals surface area contributed by atoms with Gasteiger partial charge in [0.1, 0.15) is 6.04 Å². The van der Waals surface area contributed by atoms with Crippen LogP contribution in [0.4, 0.5) is 0 Å². The molecule has 1 aliphatic heterocycles. The van der Waals surface area contributed by atoms with E-state index in [-0.39, 0.29) is 17.4 Å². The number of rotatable bonds is 5. The van der Waals surface area contributed by atoms with E-state index in [0.717, 1.165) is 14.9 Å². The van der Waals surface area contributed by atoms with E-state index in [0.29, 0.717) is 19.6 Å². The van der Waals surface area contributed by atoms with Crippen LogP contribution in [-0.4, -0.2) is 43.8 Å². The van der Waals surface area contributed by atoms with Crippen LogP contribution < -0.4 is 5.32 Å². The number of hydrogen-bond acceptors (Lipinski definition) is 5. The maximum absolute atomic E-state index is 12.9. The predicted molar refractivity (Wildman–Crippen MR) is 103 cm³/mol. The third-order valence-electron chi connectivity index (χ3n) is 4.17. The Morgan fingerprint density at radius 3 is 2.52 bits per heavy atom. The van der Waals surface area contributed by atoms with Crippen molar-refractivity contribution >= 4 is 43.0 Å². The molecule has 1 N–H and O–H groups in total. The number of nitrogens with zero attached hydrogens (tertiary/aromatic N) is 1. The van der Waals surface area contributed by atoms with Crippen molar-refractivity contribution in [2.45, 2.75) is 12.6 Å². The summed E-state index contributed by atoms with van der Waals surface area (Å²) >= 11 is 4.99. The Balaban J connectivity index is 1.75. The molecule has 2 heterocycles. The maximum Gasteiger partial charge on any atom is 0.242 e. The summed E-state index contributed by atoms with van der Waals surface area (Å²) in [5.41, 5.74) is 0.881. The second-order valence-electron chi connectivity index (χ2n) is 5.95. The first-order chi connectivity index (χ1) is 11.9. The highest BCUT2D eigenvalue weighted by Gasteiger charge is 2.32. The molecular formula is C17H19BrN2O3S2. The van der Waals surface area contributed by atoms with Gasteiger partial charge in [-0.15, -0.1) is 11.3 Å². The number of nitrogens with one attached hydrogen (secondary N) is 1. The van der Waals surface area contributed by atoms with E-state index in [1.54, 1.807) is 11.3 Å². The van der Waals surface area contributed by atoms with Crippen molar-refractivity contribution in [1.29, 1.82) is 0 Å². The highest BCUT2D eigenvalue weighted by molar-refractivity contribution is 9.10. The summed E-state index contributed by atoms with van der Waals surface area (Å²) in [5.74, 6) is 0.0956. The van der Waals surface area contributed by atoms with Crippen LogP contribution in [0, 0.1) is 0 Å². The number of carbonyl (C=O) groups is 1. The van der Waals surface area contributed by atoms with Gasteiger partial charge >= 0.3 is 0 Å². The van der Waals surface area contributed by atoms with E-state index in [4.69, 9.17) is 0 Å². The van der Waals surface area contributed by atoms with E-state index < -0.39 is 15.9 Å². The van der Waals surface area contributed by atoms with Gasteiger partial charge in [-0.25, -0.2) is 8.42 Å². The lowest BCUT2D eigenvalue weighted by Crippen LogP contribution is -2.47. The molecule has 0 saturated carbocycles. The lowest BCUT2D eigenvalue weighted by molar-refractivity contribution is -0.126. The van der Waals surface area contributed by atoms with Gasteiger partial charge in [0.25, 0.3) is 0 Å². The normalized spacial score (nSPS) is 18.6. The standard InChI is InChI=1S/C17H19BrN2O3S2/c18-14-10-15(24-12-14)11-19-17(21)16(13-4-2-1-3-5-13)20-6-8-25(22,23)9-7-20/h1-5,10,12,16H,6-9,11H2,(H,19,21). The van der Waals surface area contributed by atoms with Crippen LogP contribution in [0.3, 0.4) is 0 Å². The van der Waals surface area contributed by atoms with Gasteiger partial charge in [0.05, 0.1) is 18.1 Å². The fourth-order valence-corrected chi connectivity index (χ4v) is 5.49. The van der Waals surface area contributed by atoms with Gasteiger partial charge in [-0.1, -0.05) is 30.3 Å². The molecule has 1 atom stereocenters. The Morgan fingerprint density at radius 2 is 1.92 bits per heavy atom. The number of halogens is 1. The van der Waals surface area contributed by atoms with Crippen molar-refractivity contribution < 1.29 is 13.2 Å². The molecule has 134 valence electrons. The highest BCUT2D eigenvalue weighted by atomic mass is 79.9. The van der Waals surface area contributed by atoms with Crippen LogP contribution in [0.15, 0.2) is 46.3 Å². The molecule has 1 saturated heterocycles. The van der Waals surface area contributed by atoms with Crippen LogP contribution in [-0.2, 0) is 21.2 Å². The summed E-state index contributed by atoms with van der Waals surface area (Å²) in [4.78, 5) is 15.9. The van der Waals surface area contributed by atoms with E-state index in [2.05, 4.69) is 21.2 Å². The molecule has 0 spiro atoms. The molecule has 1 unspecified atom stereocenters.